The Morgan fingerprint density at radius 2 is 2.00 bits per heavy atom. The van der Waals surface area contributed by atoms with E-state index in [0.29, 0.717) is 23.5 Å². The number of nitrogens with zero attached hydrogens (tertiary/aromatic N) is 1. The molecule has 0 spiro atoms. The lowest BCUT2D eigenvalue weighted by Gasteiger charge is -2.24. The van der Waals surface area contributed by atoms with Crippen LogP contribution in [0, 0.1) is 5.82 Å². The van der Waals surface area contributed by atoms with Crippen molar-refractivity contribution in [2.45, 2.75) is 11.8 Å². The van der Waals surface area contributed by atoms with Crippen molar-refractivity contribution < 1.29 is 14.0 Å². The number of hydrogen-bond acceptors (Lipinski definition) is 4. The number of benzene rings is 2. The molecule has 0 aliphatic carbocycles. The molecule has 1 aliphatic heterocycles. The number of thioether (sulfide) groups is 1. The zero-order valence-corrected chi connectivity index (χ0v) is 16.4. The molecule has 0 radical (unpaired) electrons. The van der Waals surface area contributed by atoms with Crippen molar-refractivity contribution in [2.24, 2.45) is 0 Å². The number of amides is 2. The van der Waals surface area contributed by atoms with Crippen LogP contribution in [0.1, 0.15) is 15.8 Å². The summed E-state index contributed by atoms with van der Waals surface area (Å²) in [5.74, 6) is -0.198. The fourth-order valence-electron chi connectivity index (χ4n) is 3.12. The van der Waals surface area contributed by atoms with Gasteiger partial charge in [0.05, 0.1) is 12.2 Å². The van der Waals surface area contributed by atoms with Gasteiger partial charge in [-0.25, -0.2) is 4.39 Å². The first-order valence-corrected chi connectivity index (χ1v) is 10.6. The number of rotatable bonds is 5. The van der Waals surface area contributed by atoms with E-state index in [-0.39, 0.29) is 23.0 Å². The topological polar surface area (TPSA) is 49.4 Å². The minimum Gasteiger partial charge on any atom is -0.326 e. The first-order chi connectivity index (χ1) is 13.6. The number of nitrogens with one attached hydrogen (secondary N) is 1. The van der Waals surface area contributed by atoms with E-state index in [1.165, 1.54) is 23.9 Å². The third-order valence-corrected chi connectivity index (χ3v) is 6.41. The van der Waals surface area contributed by atoms with Crippen molar-refractivity contribution in [3.05, 3.63) is 82.3 Å². The van der Waals surface area contributed by atoms with E-state index in [9.17, 15) is 14.0 Å². The summed E-state index contributed by atoms with van der Waals surface area (Å²) in [5, 5.41) is 4.60. The number of carbonyl (C=O) groups is 2. The highest BCUT2D eigenvalue weighted by Gasteiger charge is 2.34. The second-order valence-electron chi connectivity index (χ2n) is 6.34. The summed E-state index contributed by atoms with van der Waals surface area (Å²) in [7, 11) is 0. The van der Waals surface area contributed by atoms with Crippen LogP contribution in [0.3, 0.4) is 0 Å². The molecule has 4 rings (SSSR count). The van der Waals surface area contributed by atoms with Crippen molar-refractivity contribution in [1.82, 2.24) is 0 Å². The van der Waals surface area contributed by atoms with Gasteiger partial charge in [0.1, 0.15) is 11.2 Å². The minimum absolute atomic E-state index is 0.0623. The van der Waals surface area contributed by atoms with Gasteiger partial charge < -0.3 is 5.32 Å². The average Bonchev–Trinajstić information content (AvgIpc) is 3.31. The monoisotopic (exact) mass is 412 g/mol. The third-order valence-electron chi connectivity index (χ3n) is 4.32. The Labute approximate surface area is 170 Å². The highest BCUT2D eigenvalue weighted by molar-refractivity contribution is 8.00. The molecule has 1 aromatic heterocycles. The van der Waals surface area contributed by atoms with Crippen LogP contribution in [0.25, 0.3) is 0 Å². The van der Waals surface area contributed by atoms with E-state index >= 15 is 0 Å². The molecule has 1 fully saturated rings. The zero-order chi connectivity index (χ0) is 19.5. The Morgan fingerprint density at radius 3 is 2.79 bits per heavy atom. The molecule has 1 aliphatic rings. The van der Waals surface area contributed by atoms with Gasteiger partial charge in [-0.3, -0.25) is 14.5 Å². The lowest BCUT2D eigenvalue weighted by Crippen LogP contribution is -2.28. The predicted octanol–water partition coefficient (Wildman–Crippen LogP) is 4.85. The van der Waals surface area contributed by atoms with Gasteiger partial charge in [-0.05, 0) is 47.3 Å². The lowest BCUT2D eigenvalue weighted by molar-refractivity contribution is -0.116. The molecule has 28 heavy (non-hydrogen) atoms. The number of hydrogen-bond donors (Lipinski definition) is 1. The van der Waals surface area contributed by atoms with Gasteiger partial charge in [-0.1, -0.05) is 24.3 Å². The summed E-state index contributed by atoms with van der Waals surface area (Å²) < 4.78 is 13.6. The maximum Gasteiger partial charge on any atom is 0.238 e. The van der Waals surface area contributed by atoms with Crippen LogP contribution in [0.4, 0.5) is 15.8 Å². The SMILES string of the molecule is O=C(Cc1cccs1)Nc1cccc([C@@H]2SCC(=O)N2c2cccc(F)c2)c1. The molecule has 2 aromatic carbocycles. The first kappa shape index (κ1) is 18.7. The van der Waals surface area contributed by atoms with E-state index in [1.807, 2.05) is 41.8 Å². The molecular formula is C21H17FN2O2S2. The van der Waals surface area contributed by atoms with Crippen molar-refractivity contribution in [3.63, 3.8) is 0 Å². The number of anilines is 2. The highest BCUT2D eigenvalue weighted by atomic mass is 32.2. The molecule has 4 nitrogen and oxygen atoms in total. The Kier molecular flexibility index (Phi) is 5.45. The number of halogens is 1. The molecule has 1 N–H and O–H groups in total. The summed E-state index contributed by atoms with van der Waals surface area (Å²) in [6, 6.07) is 17.4. The van der Waals surface area contributed by atoms with Gasteiger partial charge in [0.25, 0.3) is 0 Å². The van der Waals surface area contributed by atoms with Crippen molar-refractivity contribution in [2.75, 3.05) is 16.0 Å². The predicted molar refractivity (Wildman–Crippen MR) is 112 cm³/mol. The summed E-state index contributed by atoms with van der Waals surface area (Å²) >= 11 is 3.03. The fourth-order valence-corrected chi connectivity index (χ4v) is 4.99. The largest absolute Gasteiger partial charge is 0.326 e. The van der Waals surface area contributed by atoms with E-state index < -0.39 is 0 Å². The molecule has 2 amide bonds. The van der Waals surface area contributed by atoms with Crippen molar-refractivity contribution in [3.8, 4) is 0 Å². The third kappa shape index (κ3) is 4.10. The van der Waals surface area contributed by atoms with Crippen LogP contribution < -0.4 is 10.2 Å². The number of carbonyl (C=O) groups excluding carboxylic acids is 2. The van der Waals surface area contributed by atoms with E-state index in [4.69, 9.17) is 0 Å². The van der Waals surface area contributed by atoms with Gasteiger partial charge in [-0.15, -0.1) is 23.1 Å². The van der Waals surface area contributed by atoms with E-state index in [1.54, 1.807) is 28.4 Å². The Morgan fingerprint density at radius 1 is 1.14 bits per heavy atom. The van der Waals surface area contributed by atoms with Crippen LogP contribution in [-0.4, -0.2) is 17.6 Å². The van der Waals surface area contributed by atoms with Gasteiger partial charge >= 0.3 is 0 Å². The fraction of sp³-hybridized carbons (Fsp3) is 0.143. The van der Waals surface area contributed by atoms with E-state index in [0.717, 1.165) is 10.4 Å². The maximum absolute atomic E-state index is 13.6. The molecule has 1 saturated heterocycles. The molecule has 0 bridgehead atoms. The zero-order valence-electron chi connectivity index (χ0n) is 14.8. The second-order valence-corrected chi connectivity index (χ2v) is 8.44. The standard InChI is InChI=1S/C21H17FN2O2S2/c22-15-5-2-7-17(11-15)24-20(26)13-28-21(24)14-4-1-6-16(10-14)23-19(25)12-18-8-3-9-27-18/h1-11,21H,12-13H2,(H,23,25)/t21-/m0/s1. The maximum atomic E-state index is 13.6. The molecular weight excluding hydrogens is 395 g/mol. The molecule has 2 heterocycles. The molecule has 0 unspecified atom stereocenters. The van der Waals surface area contributed by atoms with Gasteiger partial charge in [0, 0.05) is 16.3 Å². The minimum atomic E-state index is -0.379. The first-order valence-electron chi connectivity index (χ1n) is 8.71. The molecule has 1 atom stereocenters. The summed E-state index contributed by atoms with van der Waals surface area (Å²) in [6.45, 7) is 0. The van der Waals surface area contributed by atoms with Crippen LogP contribution in [0.15, 0.2) is 66.0 Å². The molecule has 3 aromatic rings. The van der Waals surface area contributed by atoms with Crippen LogP contribution >= 0.6 is 23.1 Å². The second kappa shape index (κ2) is 8.16. The van der Waals surface area contributed by atoms with E-state index in [2.05, 4.69) is 5.32 Å². The van der Waals surface area contributed by atoms with Gasteiger partial charge in [-0.2, -0.15) is 0 Å². The van der Waals surface area contributed by atoms with Gasteiger partial charge in [0.2, 0.25) is 11.8 Å². The Balaban J connectivity index is 1.54. The van der Waals surface area contributed by atoms with Crippen molar-refractivity contribution in [1.29, 1.82) is 0 Å². The molecule has 142 valence electrons. The van der Waals surface area contributed by atoms with Crippen LogP contribution in [0.5, 0.6) is 0 Å². The van der Waals surface area contributed by atoms with Gasteiger partial charge in [0.15, 0.2) is 0 Å². The van der Waals surface area contributed by atoms with Crippen LogP contribution in [0.2, 0.25) is 0 Å². The number of thiophene rings is 1. The van der Waals surface area contributed by atoms with Crippen LogP contribution in [-0.2, 0) is 16.0 Å². The quantitative estimate of drug-likeness (QED) is 0.652. The summed E-state index contributed by atoms with van der Waals surface area (Å²) in [5.41, 5.74) is 2.10. The normalized spacial score (nSPS) is 16.4. The molecule has 0 saturated carbocycles. The lowest BCUT2D eigenvalue weighted by atomic mass is 10.1. The Bertz CT molecular complexity index is 1010. The summed E-state index contributed by atoms with van der Waals surface area (Å²) in [6.07, 6.45) is 0.327. The summed E-state index contributed by atoms with van der Waals surface area (Å²) in [4.78, 5) is 27.3. The smallest absolute Gasteiger partial charge is 0.238 e. The molecule has 7 heteroatoms. The highest BCUT2D eigenvalue weighted by Crippen LogP contribution is 2.42. The average molecular weight is 413 g/mol. The van der Waals surface area contributed by atoms with Crippen molar-refractivity contribution >= 4 is 46.3 Å². The Hall–Kier alpha value is -2.64.